The van der Waals surface area contributed by atoms with Crippen molar-refractivity contribution in [1.29, 1.82) is 0 Å². The van der Waals surface area contributed by atoms with E-state index in [1.54, 1.807) is 0 Å². The van der Waals surface area contributed by atoms with Gasteiger partial charge in [0.25, 0.3) is 0 Å². The van der Waals surface area contributed by atoms with Crippen molar-refractivity contribution in [1.82, 2.24) is 0 Å². The topological polar surface area (TPSA) is 37.3 Å². The average molecular weight is 323 g/mol. The first kappa shape index (κ1) is 18.8. The highest BCUT2D eigenvalue weighted by atomic mass is 16.4. The second-order valence-electron chi connectivity index (χ2n) is 8.37. The Bertz CT molecular complexity index is 323. The molecule has 2 rings (SSSR count). The van der Waals surface area contributed by atoms with Crippen LogP contribution in [0.3, 0.4) is 0 Å². The molecule has 134 valence electrons. The summed E-state index contributed by atoms with van der Waals surface area (Å²) < 4.78 is 0. The Hall–Kier alpha value is -0.530. The minimum absolute atomic E-state index is 0.0469. The van der Waals surface area contributed by atoms with E-state index in [-0.39, 0.29) is 5.92 Å². The van der Waals surface area contributed by atoms with Crippen LogP contribution >= 0.6 is 0 Å². The van der Waals surface area contributed by atoms with Gasteiger partial charge in [-0.05, 0) is 43.4 Å². The number of carboxylic acids is 1. The van der Waals surface area contributed by atoms with Crippen LogP contribution < -0.4 is 0 Å². The molecule has 0 aliphatic heterocycles. The monoisotopic (exact) mass is 322 g/mol. The average Bonchev–Trinajstić information content (AvgIpc) is 2.58. The first-order chi connectivity index (χ1) is 11.2. The van der Waals surface area contributed by atoms with E-state index < -0.39 is 5.97 Å². The van der Waals surface area contributed by atoms with E-state index in [2.05, 4.69) is 6.92 Å². The first-order valence-electron chi connectivity index (χ1n) is 10.4. The zero-order valence-corrected chi connectivity index (χ0v) is 15.3. The van der Waals surface area contributed by atoms with E-state index in [0.717, 1.165) is 43.4 Å². The molecular formula is C21H38O2. The fourth-order valence-corrected chi connectivity index (χ4v) is 4.84. The third-order valence-electron chi connectivity index (χ3n) is 6.61. The Balaban J connectivity index is 1.52. The molecule has 1 N–H and O–H groups in total. The number of carboxylic acid groups (broad SMARTS) is 1. The molecule has 0 saturated heterocycles. The summed E-state index contributed by atoms with van der Waals surface area (Å²) >= 11 is 0. The van der Waals surface area contributed by atoms with Gasteiger partial charge in [-0.3, -0.25) is 4.79 Å². The first-order valence-corrected chi connectivity index (χ1v) is 10.4. The summed E-state index contributed by atoms with van der Waals surface area (Å²) in [4.78, 5) is 11.0. The maximum Gasteiger partial charge on any atom is 0.306 e. The fourth-order valence-electron chi connectivity index (χ4n) is 4.84. The van der Waals surface area contributed by atoms with Gasteiger partial charge in [0.1, 0.15) is 0 Å². The lowest BCUT2D eigenvalue weighted by molar-refractivity contribution is -0.143. The van der Waals surface area contributed by atoms with E-state index >= 15 is 0 Å². The third kappa shape index (κ3) is 6.85. The van der Waals surface area contributed by atoms with Crippen molar-refractivity contribution >= 4 is 5.97 Å². The highest BCUT2D eigenvalue weighted by molar-refractivity contribution is 5.69. The van der Waals surface area contributed by atoms with Gasteiger partial charge in [-0.25, -0.2) is 0 Å². The second kappa shape index (κ2) is 10.4. The van der Waals surface area contributed by atoms with E-state index in [0.29, 0.717) is 0 Å². The Morgan fingerprint density at radius 1 is 0.739 bits per heavy atom. The summed E-state index contributed by atoms with van der Waals surface area (Å²) in [5.41, 5.74) is 0. The SMILES string of the molecule is CCCCCCC1CCC(CCC2CCC(C(=O)O)CC2)CC1. The van der Waals surface area contributed by atoms with Gasteiger partial charge < -0.3 is 5.11 Å². The van der Waals surface area contributed by atoms with Crippen molar-refractivity contribution in [3.05, 3.63) is 0 Å². The highest BCUT2D eigenvalue weighted by Gasteiger charge is 2.27. The van der Waals surface area contributed by atoms with Crippen LogP contribution in [0.2, 0.25) is 0 Å². The predicted octanol–water partition coefficient (Wildman–Crippen LogP) is 6.43. The zero-order chi connectivity index (χ0) is 16.5. The van der Waals surface area contributed by atoms with Crippen molar-refractivity contribution in [2.75, 3.05) is 0 Å². The molecule has 2 nitrogen and oxygen atoms in total. The molecule has 23 heavy (non-hydrogen) atoms. The lowest BCUT2D eigenvalue weighted by Gasteiger charge is -2.31. The van der Waals surface area contributed by atoms with E-state index in [1.165, 1.54) is 70.6 Å². The number of unbranched alkanes of at least 4 members (excludes halogenated alkanes) is 3. The number of aliphatic carboxylic acids is 1. The summed E-state index contributed by atoms with van der Waals surface area (Å²) in [6.07, 6.45) is 19.9. The van der Waals surface area contributed by atoms with Crippen molar-refractivity contribution in [2.45, 2.75) is 103 Å². The van der Waals surface area contributed by atoms with Crippen LogP contribution in [0, 0.1) is 23.7 Å². The molecule has 2 aliphatic carbocycles. The fraction of sp³-hybridized carbons (Fsp3) is 0.952. The Labute approximate surface area is 143 Å². The number of hydrogen-bond acceptors (Lipinski definition) is 1. The Morgan fingerprint density at radius 2 is 1.22 bits per heavy atom. The quantitative estimate of drug-likeness (QED) is 0.496. The molecule has 0 bridgehead atoms. The van der Waals surface area contributed by atoms with Gasteiger partial charge in [0.2, 0.25) is 0 Å². The zero-order valence-electron chi connectivity index (χ0n) is 15.3. The molecule has 0 spiro atoms. The summed E-state index contributed by atoms with van der Waals surface area (Å²) in [6, 6.07) is 0. The number of carbonyl (C=O) groups is 1. The third-order valence-corrected chi connectivity index (χ3v) is 6.61. The minimum Gasteiger partial charge on any atom is -0.481 e. The number of hydrogen-bond donors (Lipinski definition) is 1. The smallest absolute Gasteiger partial charge is 0.306 e. The van der Waals surface area contributed by atoms with Crippen LogP contribution in [-0.4, -0.2) is 11.1 Å². The van der Waals surface area contributed by atoms with Crippen LogP contribution in [0.1, 0.15) is 103 Å². The Kier molecular flexibility index (Phi) is 8.47. The van der Waals surface area contributed by atoms with E-state index in [9.17, 15) is 4.79 Å². The van der Waals surface area contributed by atoms with Crippen LogP contribution in [0.4, 0.5) is 0 Å². The molecule has 2 heteroatoms. The van der Waals surface area contributed by atoms with Gasteiger partial charge in [0.15, 0.2) is 0 Å². The summed E-state index contributed by atoms with van der Waals surface area (Å²) in [5.74, 6) is 2.20. The maximum absolute atomic E-state index is 11.0. The molecule has 0 heterocycles. The molecule has 0 aromatic carbocycles. The molecule has 2 aliphatic rings. The largest absolute Gasteiger partial charge is 0.481 e. The molecule has 0 amide bonds. The van der Waals surface area contributed by atoms with Gasteiger partial charge in [0, 0.05) is 0 Å². The summed E-state index contributed by atoms with van der Waals surface area (Å²) in [5, 5.41) is 9.07. The van der Waals surface area contributed by atoms with Gasteiger partial charge in [0.05, 0.1) is 5.92 Å². The molecule has 0 aromatic heterocycles. The van der Waals surface area contributed by atoms with Crippen molar-refractivity contribution in [2.24, 2.45) is 23.7 Å². The van der Waals surface area contributed by atoms with Crippen molar-refractivity contribution < 1.29 is 9.90 Å². The van der Waals surface area contributed by atoms with Gasteiger partial charge in [-0.15, -0.1) is 0 Å². The maximum atomic E-state index is 11.0. The molecule has 0 aromatic rings. The summed E-state index contributed by atoms with van der Waals surface area (Å²) in [6.45, 7) is 2.29. The minimum atomic E-state index is -0.569. The standard InChI is InChI=1S/C21H38O2/c1-2-3-4-5-6-17-7-9-18(10-8-17)11-12-19-13-15-20(16-14-19)21(22)23/h17-20H,2-16H2,1H3,(H,22,23). The normalized spacial score (nSPS) is 31.9. The summed E-state index contributed by atoms with van der Waals surface area (Å²) in [7, 11) is 0. The highest BCUT2D eigenvalue weighted by Crippen LogP contribution is 2.37. The van der Waals surface area contributed by atoms with Gasteiger partial charge >= 0.3 is 5.97 Å². The molecular weight excluding hydrogens is 284 g/mol. The van der Waals surface area contributed by atoms with E-state index in [4.69, 9.17) is 5.11 Å². The molecule has 0 radical (unpaired) electrons. The number of rotatable bonds is 9. The Morgan fingerprint density at radius 3 is 1.70 bits per heavy atom. The lowest BCUT2D eigenvalue weighted by Crippen LogP contribution is -2.22. The molecule has 2 fully saturated rings. The van der Waals surface area contributed by atoms with Crippen LogP contribution in [-0.2, 0) is 4.79 Å². The molecule has 0 atom stereocenters. The lowest BCUT2D eigenvalue weighted by atomic mass is 9.75. The van der Waals surface area contributed by atoms with Crippen LogP contribution in [0.5, 0.6) is 0 Å². The van der Waals surface area contributed by atoms with E-state index in [1.807, 2.05) is 0 Å². The van der Waals surface area contributed by atoms with Crippen LogP contribution in [0.25, 0.3) is 0 Å². The molecule has 0 unspecified atom stereocenters. The predicted molar refractivity (Wildman–Crippen MR) is 96.5 cm³/mol. The molecule has 2 saturated carbocycles. The van der Waals surface area contributed by atoms with Crippen molar-refractivity contribution in [3.8, 4) is 0 Å². The second-order valence-corrected chi connectivity index (χ2v) is 8.37. The van der Waals surface area contributed by atoms with Gasteiger partial charge in [-0.1, -0.05) is 77.6 Å². The van der Waals surface area contributed by atoms with Gasteiger partial charge in [-0.2, -0.15) is 0 Å². The van der Waals surface area contributed by atoms with Crippen molar-refractivity contribution in [3.63, 3.8) is 0 Å². The van der Waals surface area contributed by atoms with Crippen LogP contribution in [0.15, 0.2) is 0 Å².